The second kappa shape index (κ2) is 4.30. The minimum absolute atomic E-state index is 0.0285. The molecule has 2 fully saturated rings. The Morgan fingerprint density at radius 3 is 2.63 bits per heavy atom. The summed E-state index contributed by atoms with van der Waals surface area (Å²) in [5, 5.41) is 0. The zero-order valence-corrected chi connectivity index (χ0v) is 12.1. The summed E-state index contributed by atoms with van der Waals surface area (Å²) in [6, 6.07) is 7.03. The van der Waals surface area contributed by atoms with Crippen molar-refractivity contribution in [1.29, 1.82) is 0 Å². The SMILES string of the molecule is CC[C@]12CCN(S(=O)(=O)c3ccc(C)cc3)C[C@H]1O2. The topological polar surface area (TPSA) is 49.9 Å². The molecule has 0 saturated carbocycles. The number of fused-ring (bicyclic) bond motifs is 1. The molecule has 0 bridgehead atoms. The highest BCUT2D eigenvalue weighted by Crippen LogP contribution is 2.46. The number of ether oxygens (including phenoxy) is 1. The number of nitrogens with zero attached hydrogens (tertiary/aromatic N) is 1. The summed E-state index contributed by atoms with van der Waals surface area (Å²) in [4.78, 5) is 0.378. The highest BCUT2D eigenvalue weighted by Gasteiger charge is 2.58. The third-order valence-electron chi connectivity index (χ3n) is 4.32. The highest BCUT2D eigenvalue weighted by atomic mass is 32.2. The Hall–Kier alpha value is -0.910. The molecule has 5 heteroatoms. The molecule has 0 N–H and O–H groups in total. The van der Waals surface area contributed by atoms with Crippen molar-refractivity contribution in [2.45, 2.75) is 43.3 Å². The number of piperidine rings is 1. The molecule has 0 aromatic heterocycles. The van der Waals surface area contributed by atoms with Crippen LogP contribution in [0.4, 0.5) is 0 Å². The Balaban J connectivity index is 1.81. The Morgan fingerprint density at radius 2 is 2.05 bits per heavy atom. The van der Waals surface area contributed by atoms with Gasteiger partial charge < -0.3 is 4.74 Å². The van der Waals surface area contributed by atoms with Crippen molar-refractivity contribution >= 4 is 10.0 Å². The largest absolute Gasteiger partial charge is 0.365 e. The van der Waals surface area contributed by atoms with Gasteiger partial charge in [0.25, 0.3) is 0 Å². The summed E-state index contributed by atoms with van der Waals surface area (Å²) >= 11 is 0. The van der Waals surface area contributed by atoms with Crippen molar-refractivity contribution in [3.8, 4) is 0 Å². The summed E-state index contributed by atoms with van der Waals surface area (Å²) < 4.78 is 32.3. The van der Waals surface area contributed by atoms with E-state index < -0.39 is 10.0 Å². The van der Waals surface area contributed by atoms with Crippen molar-refractivity contribution in [3.63, 3.8) is 0 Å². The number of benzene rings is 1. The molecule has 104 valence electrons. The van der Waals surface area contributed by atoms with Gasteiger partial charge in [0, 0.05) is 13.1 Å². The normalized spacial score (nSPS) is 30.9. The first-order chi connectivity index (χ1) is 8.98. The van der Waals surface area contributed by atoms with E-state index in [0.717, 1.165) is 18.4 Å². The molecule has 0 aliphatic carbocycles. The van der Waals surface area contributed by atoms with E-state index in [2.05, 4.69) is 6.92 Å². The molecule has 0 radical (unpaired) electrons. The van der Waals surface area contributed by atoms with E-state index in [1.165, 1.54) is 0 Å². The molecule has 2 atom stereocenters. The van der Waals surface area contributed by atoms with Crippen LogP contribution in [-0.4, -0.2) is 37.5 Å². The van der Waals surface area contributed by atoms with Crippen LogP contribution in [0.15, 0.2) is 29.2 Å². The number of sulfonamides is 1. The van der Waals surface area contributed by atoms with Crippen LogP contribution in [0.2, 0.25) is 0 Å². The molecule has 0 amide bonds. The minimum Gasteiger partial charge on any atom is -0.365 e. The fourth-order valence-corrected chi connectivity index (χ4v) is 4.27. The summed E-state index contributed by atoms with van der Waals surface area (Å²) in [5.41, 5.74) is 1.03. The molecule has 1 aromatic carbocycles. The zero-order chi connectivity index (χ0) is 13.7. The molecule has 4 nitrogen and oxygen atoms in total. The molecule has 2 heterocycles. The van der Waals surface area contributed by atoms with Gasteiger partial charge >= 0.3 is 0 Å². The average molecular weight is 281 g/mol. The molecule has 1 aromatic rings. The van der Waals surface area contributed by atoms with E-state index in [9.17, 15) is 8.42 Å². The Labute approximate surface area is 114 Å². The quantitative estimate of drug-likeness (QED) is 0.796. The van der Waals surface area contributed by atoms with Gasteiger partial charge in [0.2, 0.25) is 10.0 Å². The van der Waals surface area contributed by atoms with Gasteiger partial charge in [-0.3, -0.25) is 0 Å². The fraction of sp³-hybridized carbons (Fsp3) is 0.571. The summed E-state index contributed by atoms with van der Waals surface area (Å²) in [6.07, 6.45) is 1.86. The van der Waals surface area contributed by atoms with Crippen LogP contribution in [0.3, 0.4) is 0 Å². The molecule has 0 unspecified atom stereocenters. The van der Waals surface area contributed by atoms with Crippen LogP contribution in [0, 0.1) is 6.92 Å². The van der Waals surface area contributed by atoms with Gasteiger partial charge in [0.05, 0.1) is 10.5 Å². The first-order valence-electron chi connectivity index (χ1n) is 6.72. The van der Waals surface area contributed by atoms with Crippen LogP contribution in [-0.2, 0) is 14.8 Å². The van der Waals surface area contributed by atoms with Crippen LogP contribution < -0.4 is 0 Å². The standard InChI is InChI=1S/C14H19NO3S/c1-3-14-8-9-15(10-13(14)18-14)19(16,17)12-6-4-11(2)5-7-12/h4-7,13H,3,8-10H2,1-2H3/t13-,14+/m1/s1. The predicted octanol–water partition coefficient (Wildman–Crippen LogP) is 1.94. The average Bonchev–Trinajstić information content (AvgIpc) is 3.13. The summed E-state index contributed by atoms with van der Waals surface area (Å²) in [7, 11) is -3.37. The third kappa shape index (κ3) is 2.10. The van der Waals surface area contributed by atoms with Crippen molar-refractivity contribution in [2.24, 2.45) is 0 Å². The maximum atomic E-state index is 12.5. The lowest BCUT2D eigenvalue weighted by Gasteiger charge is -2.27. The molecular weight excluding hydrogens is 262 g/mol. The van der Waals surface area contributed by atoms with Gasteiger partial charge in [-0.05, 0) is 31.9 Å². The third-order valence-corrected chi connectivity index (χ3v) is 6.20. The zero-order valence-electron chi connectivity index (χ0n) is 11.3. The Kier molecular flexibility index (Phi) is 2.96. The number of hydrogen-bond acceptors (Lipinski definition) is 3. The number of epoxide rings is 1. The minimum atomic E-state index is -3.37. The van der Waals surface area contributed by atoms with E-state index in [0.29, 0.717) is 18.0 Å². The van der Waals surface area contributed by atoms with Crippen molar-refractivity contribution in [2.75, 3.05) is 13.1 Å². The van der Waals surface area contributed by atoms with Gasteiger partial charge in [-0.15, -0.1) is 0 Å². The van der Waals surface area contributed by atoms with Crippen molar-refractivity contribution in [1.82, 2.24) is 4.31 Å². The lowest BCUT2D eigenvalue weighted by molar-refractivity contribution is 0.276. The van der Waals surface area contributed by atoms with E-state index >= 15 is 0 Å². The lowest BCUT2D eigenvalue weighted by atomic mass is 9.95. The van der Waals surface area contributed by atoms with Crippen LogP contribution in [0.25, 0.3) is 0 Å². The van der Waals surface area contributed by atoms with E-state index in [-0.39, 0.29) is 11.7 Å². The smallest absolute Gasteiger partial charge is 0.243 e. The highest BCUT2D eigenvalue weighted by molar-refractivity contribution is 7.89. The van der Waals surface area contributed by atoms with E-state index in [1.807, 2.05) is 19.1 Å². The first kappa shape index (κ1) is 13.1. The van der Waals surface area contributed by atoms with Gasteiger partial charge in [0.1, 0.15) is 6.10 Å². The van der Waals surface area contributed by atoms with Crippen LogP contribution in [0.5, 0.6) is 0 Å². The van der Waals surface area contributed by atoms with Crippen LogP contribution in [0.1, 0.15) is 25.3 Å². The first-order valence-corrected chi connectivity index (χ1v) is 8.16. The molecule has 19 heavy (non-hydrogen) atoms. The number of aryl methyl sites for hydroxylation is 1. The van der Waals surface area contributed by atoms with E-state index in [4.69, 9.17) is 4.74 Å². The molecule has 2 aliphatic heterocycles. The fourth-order valence-electron chi connectivity index (χ4n) is 2.83. The molecular formula is C14H19NO3S. The van der Waals surface area contributed by atoms with Gasteiger partial charge in [0.15, 0.2) is 0 Å². The summed E-state index contributed by atoms with van der Waals surface area (Å²) in [5.74, 6) is 0. The second-order valence-electron chi connectivity index (χ2n) is 5.45. The van der Waals surface area contributed by atoms with Crippen LogP contribution >= 0.6 is 0 Å². The second-order valence-corrected chi connectivity index (χ2v) is 7.39. The molecule has 2 aliphatic rings. The summed E-state index contributed by atoms with van der Waals surface area (Å²) in [6.45, 7) is 5.10. The predicted molar refractivity (Wildman–Crippen MR) is 72.4 cm³/mol. The molecule has 3 rings (SSSR count). The van der Waals surface area contributed by atoms with Gasteiger partial charge in [-0.25, -0.2) is 8.42 Å². The Bertz CT molecular complexity index is 581. The maximum Gasteiger partial charge on any atom is 0.243 e. The molecule has 0 spiro atoms. The Morgan fingerprint density at radius 1 is 1.37 bits per heavy atom. The van der Waals surface area contributed by atoms with E-state index in [1.54, 1.807) is 16.4 Å². The number of hydrogen-bond donors (Lipinski definition) is 0. The molecule has 2 saturated heterocycles. The van der Waals surface area contributed by atoms with Gasteiger partial charge in [-0.1, -0.05) is 24.6 Å². The maximum absolute atomic E-state index is 12.5. The monoisotopic (exact) mass is 281 g/mol. The van der Waals surface area contributed by atoms with Gasteiger partial charge in [-0.2, -0.15) is 4.31 Å². The number of rotatable bonds is 3. The van der Waals surface area contributed by atoms with Crippen molar-refractivity contribution < 1.29 is 13.2 Å². The lowest BCUT2D eigenvalue weighted by Crippen LogP contribution is -2.42. The van der Waals surface area contributed by atoms with Crippen molar-refractivity contribution in [3.05, 3.63) is 29.8 Å².